The van der Waals surface area contributed by atoms with Crippen LogP contribution in [0, 0.1) is 5.82 Å². The average molecular weight is 376 g/mol. The van der Waals surface area contributed by atoms with Crippen LogP contribution in [0.4, 0.5) is 10.2 Å². The van der Waals surface area contributed by atoms with Crippen molar-refractivity contribution in [2.75, 3.05) is 31.6 Å². The third-order valence-electron chi connectivity index (χ3n) is 4.44. The van der Waals surface area contributed by atoms with E-state index in [4.69, 9.17) is 11.6 Å². The first-order valence-electron chi connectivity index (χ1n) is 8.73. The number of aromatic nitrogens is 1. The van der Waals surface area contributed by atoms with Crippen LogP contribution in [0.2, 0.25) is 5.02 Å². The largest absolute Gasteiger partial charge is 0.356 e. The Morgan fingerprint density at radius 2 is 2.19 bits per heavy atom. The fourth-order valence-electron chi connectivity index (χ4n) is 3.09. The van der Waals surface area contributed by atoms with Gasteiger partial charge in [-0.3, -0.25) is 4.99 Å². The average Bonchev–Trinajstić information content (AvgIpc) is 3.11. The summed E-state index contributed by atoms with van der Waals surface area (Å²) >= 11 is 6.18. The normalized spacial score (nSPS) is 17.4. The smallest absolute Gasteiger partial charge is 0.191 e. The summed E-state index contributed by atoms with van der Waals surface area (Å²) in [6, 6.07) is 11.1. The lowest BCUT2D eigenvalue weighted by atomic mass is 10.1. The van der Waals surface area contributed by atoms with Gasteiger partial charge in [-0.15, -0.1) is 0 Å². The molecule has 0 saturated carbocycles. The van der Waals surface area contributed by atoms with Gasteiger partial charge in [-0.25, -0.2) is 9.37 Å². The van der Waals surface area contributed by atoms with Crippen LogP contribution >= 0.6 is 11.6 Å². The number of aliphatic imine (C=N–C) groups is 1. The van der Waals surface area contributed by atoms with Crippen molar-refractivity contribution in [2.45, 2.75) is 18.9 Å². The van der Waals surface area contributed by atoms with Crippen molar-refractivity contribution in [3.05, 3.63) is 59.0 Å². The fourth-order valence-corrected chi connectivity index (χ4v) is 3.32. The van der Waals surface area contributed by atoms with E-state index < -0.39 is 0 Å². The maximum absolute atomic E-state index is 13.9. The van der Waals surface area contributed by atoms with Crippen LogP contribution in [0.1, 0.15) is 12.0 Å². The van der Waals surface area contributed by atoms with Gasteiger partial charge < -0.3 is 15.5 Å². The number of rotatable bonds is 5. The lowest BCUT2D eigenvalue weighted by Crippen LogP contribution is -2.45. The molecular weight excluding hydrogens is 353 g/mol. The maximum atomic E-state index is 13.9. The highest BCUT2D eigenvalue weighted by Gasteiger charge is 2.25. The molecule has 1 atom stereocenters. The predicted octanol–water partition coefficient (Wildman–Crippen LogP) is 2.86. The summed E-state index contributed by atoms with van der Waals surface area (Å²) in [7, 11) is 1.75. The van der Waals surface area contributed by atoms with Gasteiger partial charge >= 0.3 is 0 Å². The summed E-state index contributed by atoms with van der Waals surface area (Å²) in [5, 5.41) is 7.49. The molecule has 1 saturated heterocycles. The Hall–Kier alpha value is -2.34. The van der Waals surface area contributed by atoms with Gasteiger partial charge in [0.15, 0.2) is 17.6 Å². The van der Waals surface area contributed by atoms with Crippen molar-refractivity contribution < 1.29 is 4.39 Å². The number of nitrogens with one attached hydrogen (secondary N) is 2. The summed E-state index contributed by atoms with van der Waals surface area (Å²) in [6.45, 7) is 2.19. The van der Waals surface area contributed by atoms with Crippen LogP contribution in [-0.2, 0) is 6.42 Å². The molecule has 5 nitrogen and oxygen atoms in total. The molecule has 0 spiro atoms. The SMILES string of the molecule is CN=C(NCCc1ccccc1Cl)NC1CCN(c2ncccc2F)C1. The number of halogens is 2. The Bertz CT molecular complexity index is 767. The zero-order chi connectivity index (χ0) is 18.4. The van der Waals surface area contributed by atoms with Crippen LogP contribution < -0.4 is 15.5 Å². The van der Waals surface area contributed by atoms with Crippen LogP contribution in [-0.4, -0.2) is 43.7 Å². The first-order valence-corrected chi connectivity index (χ1v) is 9.11. The highest BCUT2D eigenvalue weighted by atomic mass is 35.5. The van der Waals surface area contributed by atoms with E-state index in [1.165, 1.54) is 6.07 Å². The molecule has 1 aliphatic rings. The summed E-state index contributed by atoms with van der Waals surface area (Å²) in [5.74, 6) is 0.874. The van der Waals surface area contributed by atoms with Crippen molar-refractivity contribution in [1.29, 1.82) is 0 Å². The van der Waals surface area contributed by atoms with Gasteiger partial charge in [0.05, 0.1) is 0 Å². The highest BCUT2D eigenvalue weighted by Crippen LogP contribution is 2.20. The molecule has 138 valence electrons. The molecule has 1 fully saturated rings. The van der Waals surface area contributed by atoms with E-state index in [0.717, 1.165) is 42.5 Å². The second-order valence-electron chi connectivity index (χ2n) is 6.23. The van der Waals surface area contributed by atoms with Crippen molar-refractivity contribution >= 4 is 23.4 Å². The minimum absolute atomic E-state index is 0.197. The van der Waals surface area contributed by atoms with E-state index in [9.17, 15) is 4.39 Å². The molecule has 0 amide bonds. The Morgan fingerprint density at radius 1 is 1.35 bits per heavy atom. The van der Waals surface area contributed by atoms with Crippen molar-refractivity contribution in [3.8, 4) is 0 Å². The molecule has 1 aromatic heterocycles. The van der Waals surface area contributed by atoms with E-state index >= 15 is 0 Å². The molecule has 3 rings (SSSR count). The highest BCUT2D eigenvalue weighted by molar-refractivity contribution is 6.31. The van der Waals surface area contributed by atoms with Crippen LogP contribution in [0.3, 0.4) is 0 Å². The van der Waals surface area contributed by atoms with Crippen molar-refractivity contribution in [3.63, 3.8) is 0 Å². The Kier molecular flexibility index (Phi) is 6.28. The predicted molar refractivity (Wildman–Crippen MR) is 104 cm³/mol. The van der Waals surface area contributed by atoms with Gasteiger partial charge in [0.25, 0.3) is 0 Å². The summed E-state index contributed by atoms with van der Waals surface area (Å²) in [4.78, 5) is 10.4. The number of anilines is 1. The van der Waals surface area contributed by atoms with Gasteiger partial charge in [0.2, 0.25) is 0 Å². The number of benzene rings is 1. The monoisotopic (exact) mass is 375 g/mol. The molecule has 7 heteroatoms. The first kappa shape index (κ1) is 18.5. The number of hydrogen-bond acceptors (Lipinski definition) is 3. The van der Waals surface area contributed by atoms with Crippen LogP contribution in [0.25, 0.3) is 0 Å². The summed E-state index contributed by atoms with van der Waals surface area (Å²) in [5.41, 5.74) is 1.11. The van der Waals surface area contributed by atoms with Crippen molar-refractivity contribution in [2.24, 2.45) is 4.99 Å². The van der Waals surface area contributed by atoms with E-state index in [2.05, 4.69) is 20.6 Å². The number of pyridine rings is 1. The molecule has 1 aliphatic heterocycles. The van der Waals surface area contributed by atoms with Crippen LogP contribution in [0.5, 0.6) is 0 Å². The minimum atomic E-state index is -0.282. The molecule has 2 aromatic rings. The Labute approximate surface area is 158 Å². The number of hydrogen-bond donors (Lipinski definition) is 2. The minimum Gasteiger partial charge on any atom is -0.356 e. The molecule has 2 heterocycles. The number of nitrogens with zero attached hydrogens (tertiary/aromatic N) is 3. The summed E-state index contributed by atoms with van der Waals surface area (Å²) in [6.07, 6.45) is 3.34. The number of guanidine groups is 1. The van der Waals surface area contributed by atoms with Gasteiger partial charge in [-0.2, -0.15) is 0 Å². The van der Waals surface area contributed by atoms with Gasteiger partial charge in [0.1, 0.15) is 0 Å². The molecule has 1 aromatic carbocycles. The first-order chi connectivity index (χ1) is 12.7. The maximum Gasteiger partial charge on any atom is 0.191 e. The van der Waals surface area contributed by atoms with Crippen molar-refractivity contribution in [1.82, 2.24) is 15.6 Å². The van der Waals surface area contributed by atoms with Gasteiger partial charge in [-0.1, -0.05) is 29.8 Å². The zero-order valence-electron chi connectivity index (χ0n) is 14.8. The molecule has 0 aliphatic carbocycles. The quantitative estimate of drug-likeness (QED) is 0.623. The summed E-state index contributed by atoms with van der Waals surface area (Å²) < 4.78 is 13.9. The Balaban J connectivity index is 1.48. The second-order valence-corrected chi connectivity index (χ2v) is 6.63. The molecule has 2 N–H and O–H groups in total. The van der Waals surface area contributed by atoms with Gasteiger partial charge in [0, 0.05) is 43.9 Å². The lowest BCUT2D eigenvalue weighted by Gasteiger charge is -2.20. The molecular formula is C19H23ClFN5. The molecule has 0 bridgehead atoms. The fraction of sp³-hybridized carbons (Fsp3) is 0.368. The van der Waals surface area contributed by atoms with Crippen LogP contribution in [0.15, 0.2) is 47.6 Å². The molecule has 0 radical (unpaired) electrons. The Morgan fingerprint density at radius 3 is 2.96 bits per heavy atom. The third kappa shape index (κ3) is 4.64. The zero-order valence-corrected chi connectivity index (χ0v) is 15.5. The third-order valence-corrected chi connectivity index (χ3v) is 4.80. The standard InChI is InChI=1S/C19H23ClFN5/c1-22-19(24-11-8-14-5-2-3-6-16(14)20)25-15-9-12-26(13-15)18-17(21)7-4-10-23-18/h2-7,10,15H,8-9,11-13H2,1H3,(H2,22,24,25). The van der Waals surface area contributed by atoms with E-state index in [1.807, 2.05) is 29.2 Å². The van der Waals surface area contributed by atoms with Gasteiger partial charge in [-0.05, 0) is 36.6 Å². The molecule has 26 heavy (non-hydrogen) atoms. The van der Waals surface area contributed by atoms with E-state index in [1.54, 1.807) is 19.3 Å². The topological polar surface area (TPSA) is 52.6 Å². The lowest BCUT2D eigenvalue weighted by molar-refractivity contribution is 0.612. The van der Waals surface area contributed by atoms with E-state index in [0.29, 0.717) is 12.4 Å². The van der Waals surface area contributed by atoms with E-state index in [-0.39, 0.29) is 11.9 Å². The second kappa shape index (κ2) is 8.85. The molecule has 1 unspecified atom stereocenters.